The molecule has 0 radical (unpaired) electrons. The summed E-state index contributed by atoms with van der Waals surface area (Å²) in [6.45, 7) is 0. The van der Waals surface area contributed by atoms with Crippen LogP contribution in [0.1, 0.15) is 5.56 Å². The van der Waals surface area contributed by atoms with Crippen LogP contribution in [0.4, 0.5) is 5.69 Å². The quantitative estimate of drug-likeness (QED) is 0.767. The third-order valence-electron chi connectivity index (χ3n) is 3.01. The fourth-order valence-corrected chi connectivity index (χ4v) is 3.08. The second-order valence-corrected chi connectivity index (χ2v) is 6.49. The van der Waals surface area contributed by atoms with Crippen molar-refractivity contribution in [2.24, 2.45) is 0 Å². The van der Waals surface area contributed by atoms with E-state index in [4.69, 9.17) is 4.74 Å². The van der Waals surface area contributed by atoms with Gasteiger partial charge in [0.25, 0.3) is 0 Å². The summed E-state index contributed by atoms with van der Waals surface area (Å²) in [6.07, 6.45) is 2.06. The van der Waals surface area contributed by atoms with Crippen molar-refractivity contribution < 1.29 is 9.53 Å². The van der Waals surface area contributed by atoms with Crippen LogP contribution in [0.2, 0.25) is 0 Å². The maximum atomic E-state index is 11.9. The summed E-state index contributed by atoms with van der Waals surface area (Å²) in [4.78, 5) is 13.2. The van der Waals surface area contributed by atoms with E-state index >= 15 is 0 Å². The van der Waals surface area contributed by atoms with Gasteiger partial charge in [0, 0.05) is 22.4 Å². The minimum atomic E-state index is -0.000938. The van der Waals surface area contributed by atoms with E-state index in [9.17, 15) is 4.79 Å². The van der Waals surface area contributed by atoms with E-state index in [2.05, 4.69) is 35.8 Å². The summed E-state index contributed by atoms with van der Waals surface area (Å²) in [5, 5.41) is 2.88. The van der Waals surface area contributed by atoms with E-state index in [1.807, 2.05) is 24.3 Å². The van der Waals surface area contributed by atoms with Crippen LogP contribution in [0.5, 0.6) is 5.75 Å². The lowest BCUT2D eigenvalue weighted by Gasteiger charge is -2.07. The van der Waals surface area contributed by atoms with Crippen LogP contribution in [0.25, 0.3) is 0 Å². The molecule has 3 nitrogen and oxygen atoms in total. The normalized spacial score (nSPS) is 10.3. The van der Waals surface area contributed by atoms with Crippen molar-refractivity contribution >= 4 is 35.1 Å². The molecule has 0 spiro atoms. The zero-order valence-electron chi connectivity index (χ0n) is 12.7. The lowest BCUT2D eigenvalue weighted by Crippen LogP contribution is -2.14. The Morgan fingerprint density at radius 3 is 2.64 bits per heavy atom. The molecule has 5 heteroatoms. The van der Waals surface area contributed by atoms with E-state index in [1.165, 1.54) is 10.5 Å². The largest absolute Gasteiger partial charge is 0.497 e. The molecule has 0 atom stereocenters. The summed E-state index contributed by atoms with van der Waals surface area (Å²) in [5.41, 5.74) is 1.99. The van der Waals surface area contributed by atoms with Gasteiger partial charge in [0.2, 0.25) is 5.91 Å². The Morgan fingerprint density at radius 2 is 1.95 bits per heavy atom. The van der Waals surface area contributed by atoms with E-state index < -0.39 is 0 Å². The van der Waals surface area contributed by atoms with Gasteiger partial charge in [-0.15, -0.1) is 23.5 Å². The van der Waals surface area contributed by atoms with Gasteiger partial charge in [0.05, 0.1) is 12.9 Å². The number of carbonyl (C=O) groups is 1. The molecule has 22 heavy (non-hydrogen) atoms. The molecule has 0 aliphatic rings. The summed E-state index contributed by atoms with van der Waals surface area (Å²) in [5.74, 6) is 2.00. The van der Waals surface area contributed by atoms with Gasteiger partial charge >= 0.3 is 0 Å². The minimum absolute atomic E-state index is 0.000938. The lowest BCUT2D eigenvalue weighted by atomic mass is 10.2. The van der Waals surface area contributed by atoms with Crippen LogP contribution in [0.15, 0.2) is 53.4 Å². The maximum absolute atomic E-state index is 11.9. The van der Waals surface area contributed by atoms with Crippen LogP contribution in [-0.2, 0) is 10.5 Å². The second kappa shape index (κ2) is 8.76. The van der Waals surface area contributed by atoms with Gasteiger partial charge in [-0.05, 0) is 36.1 Å². The Morgan fingerprint density at radius 1 is 1.18 bits per heavy atom. The van der Waals surface area contributed by atoms with Crippen LogP contribution in [0.3, 0.4) is 0 Å². The van der Waals surface area contributed by atoms with Gasteiger partial charge in [-0.3, -0.25) is 4.79 Å². The van der Waals surface area contributed by atoms with Crippen LogP contribution >= 0.6 is 23.5 Å². The molecule has 1 N–H and O–H groups in total. The van der Waals surface area contributed by atoms with E-state index in [0.717, 1.165) is 17.2 Å². The third-order valence-corrected chi connectivity index (χ3v) is 4.76. The average molecular weight is 333 g/mol. The number of anilines is 1. The fraction of sp³-hybridized carbons (Fsp3) is 0.235. The topological polar surface area (TPSA) is 38.3 Å². The molecule has 0 fully saturated rings. The first-order chi connectivity index (χ1) is 10.7. The smallest absolute Gasteiger partial charge is 0.234 e. The highest BCUT2D eigenvalue weighted by Gasteiger charge is 2.04. The van der Waals surface area contributed by atoms with Crippen molar-refractivity contribution in [1.82, 2.24) is 0 Å². The highest BCUT2D eigenvalue weighted by Crippen LogP contribution is 2.19. The molecular formula is C17H19NO2S2. The molecule has 0 aliphatic carbocycles. The number of hydrogen-bond acceptors (Lipinski definition) is 4. The Bertz CT molecular complexity index is 614. The summed E-state index contributed by atoms with van der Waals surface area (Å²) in [7, 11) is 1.61. The molecule has 2 aromatic carbocycles. The second-order valence-electron chi connectivity index (χ2n) is 4.62. The Labute approximate surface area is 139 Å². The molecule has 0 aromatic heterocycles. The average Bonchev–Trinajstić information content (AvgIpc) is 2.55. The highest BCUT2D eigenvalue weighted by atomic mass is 32.2. The predicted octanol–water partition coefficient (Wildman–Crippen LogP) is 4.29. The van der Waals surface area contributed by atoms with Crippen molar-refractivity contribution in [3.63, 3.8) is 0 Å². The fourth-order valence-electron chi connectivity index (χ4n) is 1.88. The molecule has 2 aromatic rings. The van der Waals surface area contributed by atoms with Gasteiger partial charge in [-0.2, -0.15) is 0 Å². The molecule has 0 bridgehead atoms. The molecular weight excluding hydrogens is 314 g/mol. The monoisotopic (exact) mass is 333 g/mol. The lowest BCUT2D eigenvalue weighted by molar-refractivity contribution is -0.113. The number of amides is 1. The first-order valence-corrected chi connectivity index (χ1v) is 9.24. The van der Waals surface area contributed by atoms with Crippen molar-refractivity contribution in [1.29, 1.82) is 0 Å². The molecule has 1 amide bonds. The number of rotatable bonds is 7. The van der Waals surface area contributed by atoms with E-state index in [1.54, 1.807) is 30.6 Å². The standard InChI is InChI=1S/C17H19NO2S2/c1-20-15-5-3-4-14(10-15)18-17(19)12-22-11-13-6-8-16(21-2)9-7-13/h3-10H,11-12H2,1-2H3,(H,18,19). The van der Waals surface area contributed by atoms with E-state index in [0.29, 0.717) is 5.75 Å². The minimum Gasteiger partial charge on any atom is -0.497 e. The summed E-state index contributed by atoms with van der Waals surface area (Å²) in [6, 6.07) is 15.8. The molecule has 0 heterocycles. The first kappa shape index (κ1) is 16.8. The van der Waals surface area contributed by atoms with Crippen LogP contribution in [-0.4, -0.2) is 25.0 Å². The van der Waals surface area contributed by atoms with Gasteiger partial charge in [0.15, 0.2) is 0 Å². The van der Waals surface area contributed by atoms with Gasteiger partial charge in [0.1, 0.15) is 5.75 Å². The van der Waals surface area contributed by atoms with Crippen LogP contribution in [0, 0.1) is 0 Å². The van der Waals surface area contributed by atoms with E-state index in [-0.39, 0.29) is 5.91 Å². The van der Waals surface area contributed by atoms with Crippen molar-refractivity contribution in [2.45, 2.75) is 10.6 Å². The number of thioether (sulfide) groups is 2. The van der Waals surface area contributed by atoms with Crippen LogP contribution < -0.4 is 10.1 Å². The number of hydrogen-bond donors (Lipinski definition) is 1. The van der Waals surface area contributed by atoms with Gasteiger partial charge in [-0.1, -0.05) is 18.2 Å². The summed E-state index contributed by atoms with van der Waals surface area (Å²) >= 11 is 3.34. The zero-order chi connectivity index (χ0) is 15.8. The number of ether oxygens (including phenoxy) is 1. The van der Waals surface area contributed by atoms with Crippen molar-refractivity contribution in [3.05, 3.63) is 54.1 Å². The van der Waals surface area contributed by atoms with Gasteiger partial charge < -0.3 is 10.1 Å². The molecule has 0 unspecified atom stereocenters. The molecule has 0 aliphatic heterocycles. The number of benzene rings is 2. The van der Waals surface area contributed by atoms with Crippen molar-refractivity contribution in [3.8, 4) is 5.75 Å². The third kappa shape index (κ3) is 5.31. The number of methoxy groups -OCH3 is 1. The molecule has 0 saturated carbocycles. The number of nitrogens with one attached hydrogen (secondary N) is 1. The molecule has 0 saturated heterocycles. The number of carbonyl (C=O) groups excluding carboxylic acids is 1. The Balaban J connectivity index is 1.77. The Kier molecular flexibility index (Phi) is 6.68. The molecule has 2 rings (SSSR count). The highest BCUT2D eigenvalue weighted by molar-refractivity contribution is 7.99. The first-order valence-electron chi connectivity index (χ1n) is 6.86. The predicted molar refractivity (Wildman–Crippen MR) is 96.0 cm³/mol. The maximum Gasteiger partial charge on any atom is 0.234 e. The summed E-state index contributed by atoms with van der Waals surface area (Å²) < 4.78 is 5.14. The Hall–Kier alpha value is -1.59. The molecule has 116 valence electrons. The van der Waals surface area contributed by atoms with Crippen molar-refractivity contribution in [2.75, 3.05) is 24.4 Å². The zero-order valence-corrected chi connectivity index (χ0v) is 14.3. The SMILES string of the molecule is COc1cccc(NC(=O)CSCc2ccc(SC)cc2)c1. The van der Waals surface area contributed by atoms with Gasteiger partial charge in [-0.25, -0.2) is 0 Å².